The number of benzene rings is 2. The van der Waals surface area contributed by atoms with Gasteiger partial charge < -0.3 is 0 Å². The van der Waals surface area contributed by atoms with Gasteiger partial charge in [0.2, 0.25) is 0 Å². The Hall–Kier alpha value is -0.806. The second-order valence-electron chi connectivity index (χ2n) is 2.35. The average Bonchev–Trinajstić information content (AvgIpc) is 2.05. The van der Waals surface area contributed by atoms with E-state index in [9.17, 15) is 0 Å². The van der Waals surface area contributed by atoms with Crippen molar-refractivity contribution in [2.24, 2.45) is 0 Å². The molecular weight excluding hydrogens is 179 g/mol. The van der Waals surface area contributed by atoms with Gasteiger partial charge in [-0.1, -0.05) is 48.5 Å². The monoisotopic (exact) mass is 186 g/mol. The standard InChI is InChI=1S/C10H8.Ni/c1-2-6-10-8-4-3-7-9(10)5-1;/h1-8H;. The zero-order chi connectivity index (χ0) is 6.81. The Morgan fingerprint density at radius 1 is 0.545 bits per heavy atom. The fourth-order valence-electron chi connectivity index (χ4n) is 1.13. The van der Waals surface area contributed by atoms with E-state index in [1.807, 2.05) is 0 Å². The molecule has 0 aromatic heterocycles. The van der Waals surface area contributed by atoms with Gasteiger partial charge in [0.05, 0.1) is 0 Å². The smallest absolute Gasteiger partial charge is 0 e. The summed E-state index contributed by atoms with van der Waals surface area (Å²) >= 11 is 0. The molecule has 2 aromatic carbocycles. The van der Waals surface area contributed by atoms with E-state index in [0.717, 1.165) is 0 Å². The summed E-state index contributed by atoms with van der Waals surface area (Å²) in [4.78, 5) is 0. The summed E-state index contributed by atoms with van der Waals surface area (Å²) in [5.74, 6) is 0. The van der Waals surface area contributed by atoms with Gasteiger partial charge in [0.15, 0.2) is 0 Å². The fourth-order valence-corrected chi connectivity index (χ4v) is 1.13. The van der Waals surface area contributed by atoms with Gasteiger partial charge in [0.1, 0.15) is 0 Å². The Kier molecular flexibility index (Phi) is 2.67. The Bertz CT molecular complexity index is 276. The predicted octanol–water partition coefficient (Wildman–Crippen LogP) is 2.84. The van der Waals surface area contributed by atoms with Crippen LogP contribution in [0.25, 0.3) is 10.8 Å². The van der Waals surface area contributed by atoms with Crippen LogP contribution in [0.3, 0.4) is 0 Å². The van der Waals surface area contributed by atoms with Crippen LogP contribution in [0.4, 0.5) is 0 Å². The van der Waals surface area contributed by atoms with Crippen LogP contribution in [-0.2, 0) is 16.5 Å². The van der Waals surface area contributed by atoms with Crippen molar-refractivity contribution >= 4 is 10.8 Å². The Labute approximate surface area is 76.2 Å². The second kappa shape index (κ2) is 3.55. The third kappa shape index (κ3) is 1.61. The molecule has 2 aromatic rings. The molecule has 0 bridgehead atoms. The van der Waals surface area contributed by atoms with Crippen molar-refractivity contribution in [2.75, 3.05) is 0 Å². The average molecular weight is 187 g/mol. The molecule has 0 atom stereocenters. The number of fused-ring (bicyclic) bond motifs is 1. The quantitative estimate of drug-likeness (QED) is 0.556. The molecule has 1 heteroatoms. The first-order valence-electron chi connectivity index (χ1n) is 3.40. The van der Waals surface area contributed by atoms with Crippen molar-refractivity contribution in [2.45, 2.75) is 0 Å². The van der Waals surface area contributed by atoms with Crippen molar-refractivity contribution in [3.63, 3.8) is 0 Å². The van der Waals surface area contributed by atoms with E-state index in [4.69, 9.17) is 0 Å². The zero-order valence-electron chi connectivity index (χ0n) is 5.94. The normalized spacial score (nSPS) is 9.09. The Morgan fingerprint density at radius 3 is 1.09 bits per heavy atom. The summed E-state index contributed by atoms with van der Waals surface area (Å²) in [5, 5.41) is 2.62. The second-order valence-corrected chi connectivity index (χ2v) is 2.35. The van der Waals surface area contributed by atoms with E-state index in [-0.39, 0.29) is 16.5 Å². The molecule has 0 heterocycles. The van der Waals surface area contributed by atoms with Crippen molar-refractivity contribution in [1.29, 1.82) is 0 Å². The minimum Gasteiger partial charge on any atom is -0.0616 e. The van der Waals surface area contributed by atoms with Crippen molar-refractivity contribution in [3.05, 3.63) is 48.5 Å². The molecule has 0 saturated heterocycles. The van der Waals surface area contributed by atoms with Crippen LogP contribution in [0.5, 0.6) is 0 Å². The van der Waals surface area contributed by atoms with E-state index >= 15 is 0 Å². The van der Waals surface area contributed by atoms with Gasteiger partial charge in [-0.05, 0) is 10.8 Å². The SMILES string of the molecule is [Ni].c1ccc2ccccc2c1. The molecule has 0 N–H and O–H groups in total. The van der Waals surface area contributed by atoms with Gasteiger partial charge in [-0.2, -0.15) is 0 Å². The van der Waals surface area contributed by atoms with Crippen LogP contribution in [0.2, 0.25) is 0 Å². The van der Waals surface area contributed by atoms with Gasteiger partial charge in [-0.15, -0.1) is 0 Å². The summed E-state index contributed by atoms with van der Waals surface area (Å²) in [6.45, 7) is 0. The molecule has 0 amide bonds. The van der Waals surface area contributed by atoms with E-state index < -0.39 is 0 Å². The topological polar surface area (TPSA) is 0 Å². The minimum atomic E-state index is 0. The van der Waals surface area contributed by atoms with Gasteiger partial charge in [0, 0.05) is 16.5 Å². The number of rotatable bonds is 0. The molecule has 0 unspecified atom stereocenters. The maximum absolute atomic E-state index is 2.12. The summed E-state index contributed by atoms with van der Waals surface area (Å²) in [7, 11) is 0. The van der Waals surface area contributed by atoms with Gasteiger partial charge in [-0.3, -0.25) is 0 Å². The molecule has 0 nitrogen and oxygen atoms in total. The third-order valence-corrected chi connectivity index (χ3v) is 1.66. The van der Waals surface area contributed by atoms with Crippen LogP contribution in [0.15, 0.2) is 48.5 Å². The largest absolute Gasteiger partial charge is 0.0616 e. The number of hydrogen-bond acceptors (Lipinski definition) is 0. The van der Waals surface area contributed by atoms with Crippen LogP contribution in [0.1, 0.15) is 0 Å². The van der Waals surface area contributed by atoms with Crippen molar-refractivity contribution in [3.8, 4) is 0 Å². The summed E-state index contributed by atoms with van der Waals surface area (Å²) in [6.07, 6.45) is 0. The first-order chi connectivity index (χ1) is 4.97. The van der Waals surface area contributed by atoms with Crippen molar-refractivity contribution < 1.29 is 16.5 Å². The summed E-state index contributed by atoms with van der Waals surface area (Å²) < 4.78 is 0. The molecular formula is C10H8Ni. The van der Waals surface area contributed by atoms with E-state index in [2.05, 4.69) is 48.5 Å². The summed E-state index contributed by atoms with van der Waals surface area (Å²) in [6, 6.07) is 16.7. The van der Waals surface area contributed by atoms with Crippen LogP contribution >= 0.6 is 0 Å². The fraction of sp³-hybridized carbons (Fsp3) is 0. The molecule has 58 valence electrons. The van der Waals surface area contributed by atoms with Crippen LogP contribution < -0.4 is 0 Å². The molecule has 0 aliphatic carbocycles. The Morgan fingerprint density at radius 2 is 0.818 bits per heavy atom. The van der Waals surface area contributed by atoms with E-state index in [1.165, 1.54) is 10.8 Å². The molecule has 0 aliphatic rings. The van der Waals surface area contributed by atoms with Gasteiger partial charge in [0.25, 0.3) is 0 Å². The predicted molar refractivity (Wildman–Crippen MR) is 43.9 cm³/mol. The van der Waals surface area contributed by atoms with Crippen molar-refractivity contribution in [1.82, 2.24) is 0 Å². The molecule has 0 aliphatic heterocycles. The summed E-state index contributed by atoms with van der Waals surface area (Å²) in [5.41, 5.74) is 0. The maximum Gasteiger partial charge on any atom is 0 e. The molecule has 2 rings (SSSR count). The van der Waals surface area contributed by atoms with E-state index in [1.54, 1.807) is 0 Å². The van der Waals surface area contributed by atoms with Crippen LogP contribution in [-0.4, -0.2) is 0 Å². The molecule has 11 heavy (non-hydrogen) atoms. The first kappa shape index (κ1) is 8.29. The minimum absolute atomic E-state index is 0. The third-order valence-electron chi connectivity index (χ3n) is 1.66. The molecule has 0 saturated carbocycles. The van der Waals surface area contributed by atoms with Gasteiger partial charge >= 0.3 is 0 Å². The maximum atomic E-state index is 2.12. The van der Waals surface area contributed by atoms with Crippen LogP contribution in [0, 0.1) is 0 Å². The molecule has 0 radical (unpaired) electrons. The first-order valence-corrected chi connectivity index (χ1v) is 3.40. The molecule has 0 fully saturated rings. The Balaban J connectivity index is 0.000000605. The van der Waals surface area contributed by atoms with Gasteiger partial charge in [-0.25, -0.2) is 0 Å². The van der Waals surface area contributed by atoms with E-state index in [0.29, 0.717) is 0 Å². The zero-order valence-corrected chi connectivity index (χ0v) is 6.92. The molecule has 0 spiro atoms. The number of hydrogen-bond donors (Lipinski definition) is 0.